The monoisotopic (exact) mass is 820 g/mol. The predicted octanol–water partition coefficient (Wildman–Crippen LogP) is 7.35. The van der Waals surface area contributed by atoms with Gasteiger partial charge in [0.2, 0.25) is 11.8 Å². The van der Waals surface area contributed by atoms with E-state index < -0.39 is 0 Å². The first-order valence-corrected chi connectivity index (χ1v) is 21.8. The summed E-state index contributed by atoms with van der Waals surface area (Å²) in [5, 5.41) is 19.8. The second kappa shape index (κ2) is 18.8. The highest BCUT2D eigenvalue weighted by Gasteiger charge is 2.29. The molecule has 4 saturated heterocycles. The van der Waals surface area contributed by atoms with E-state index in [9.17, 15) is 9.59 Å². The van der Waals surface area contributed by atoms with Crippen LogP contribution in [0.4, 0.5) is 0 Å². The van der Waals surface area contributed by atoms with Crippen LogP contribution in [0.2, 0.25) is 0 Å². The molecule has 16 heteroatoms. The van der Waals surface area contributed by atoms with Crippen molar-refractivity contribution in [1.82, 2.24) is 49.6 Å². The molecule has 0 aliphatic carbocycles. The van der Waals surface area contributed by atoms with E-state index in [4.69, 9.17) is 18.5 Å². The van der Waals surface area contributed by atoms with E-state index in [2.05, 4.69) is 42.6 Å². The summed E-state index contributed by atoms with van der Waals surface area (Å²) < 4.78 is 26.3. The summed E-state index contributed by atoms with van der Waals surface area (Å²) in [6, 6.07) is 12.8. The molecule has 0 N–H and O–H groups in total. The summed E-state index contributed by atoms with van der Waals surface area (Å²) in [7, 11) is 0. The van der Waals surface area contributed by atoms with Gasteiger partial charge in [-0.15, -0.1) is 0 Å². The van der Waals surface area contributed by atoms with Gasteiger partial charge in [0.1, 0.15) is 0 Å². The maximum Gasteiger partial charge on any atom is 0.258 e. The zero-order valence-corrected chi connectivity index (χ0v) is 35.2. The number of fused-ring (bicyclic) bond motifs is 2. The van der Waals surface area contributed by atoms with Gasteiger partial charge in [-0.2, -0.15) is 20.2 Å². The molecule has 4 aromatic heterocycles. The maximum atomic E-state index is 11.9. The molecule has 60 heavy (non-hydrogen) atoms. The summed E-state index contributed by atoms with van der Waals surface area (Å²) in [4.78, 5) is 36.9. The van der Waals surface area contributed by atoms with Crippen molar-refractivity contribution in [2.24, 2.45) is 0 Å². The number of hydrogen-bond acceptors (Lipinski definition) is 12. The molecule has 0 bridgehead atoms. The first-order chi connectivity index (χ1) is 29.4. The highest BCUT2D eigenvalue weighted by Crippen LogP contribution is 2.33. The SMILES string of the molecule is CC.CCC(=O)N1CCC(c2noc(-c3ccc4cnn([C@@H]5CCOC5)c4c3)n2)CC1.CCC(=O)N1CCC(c2noc(-c3ccc4cnn([C@H]5CCOC5)c4c3)n2)CC1. The molecule has 4 aliphatic rings. The van der Waals surface area contributed by atoms with Gasteiger partial charge in [-0.1, -0.05) is 50.1 Å². The lowest BCUT2D eigenvalue weighted by Gasteiger charge is -2.30. The van der Waals surface area contributed by atoms with Crippen LogP contribution in [0.15, 0.2) is 57.8 Å². The number of hydrogen-bond donors (Lipinski definition) is 0. The molecule has 2 aromatic carbocycles. The molecular formula is C44H56N10O6. The zero-order chi connectivity index (χ0) is 41.6. The Morgan fingerprint density at radius 3 is 1.40 bits per heavy atom. The van der Waals surface area contributed by atoms with Crippen molar-refractivity contribution in [1.29, 1.82) is 0 Å². The summed E-state index contributed by atoms with van der Waals surface area (Å²) in [6.07, 6.45) is 10.3. The quantitative estimate of drug-likeness (QED) is 0.150. The molecule has 4 aliphatic heterocycles. The average molecular weight is 821 g/mol. The summed E-state index contributed by atoms with van der Waals surface area (Å²) in [6.45, 7) is 13.8. The molecule has 0 saturated carbocycles. The lowest BCUT2D eigenvalue weighted by Crippen LogP contribution is -2.37. The number of carbonyl (C=O) groups excluding carboxylic acids is 2. The van der Waals surface area contributed by atoms with Gasteiger partial charge in [-0.3, -0.25) is 19.0 Å². The standard InChI is InChI=1S/2C21H25N5O3.C2H6/c2*1-2-19(27)25-8-5-14(6-9-25)20-23-21(29-24-20)15-3-4-16-12-22-26(18(16)11-15)17-7-10-28-13-17;1-2/h2*3-4,11-12,14,17H,2,5-10,13H2,1H3;1-2H3/t2*17-;/m10./s1. The van der Waals surface area contributed by atoms with Crippen LogP contribution in [-0.4, -0.2) is 114 Å². The van der Waals surface area contributed by atoms with Gasteiger partial charge in [0, 0.05) is 86.0 Å². The number of amides is 2. The number of nitrogens with zero attached hydrogens (tertiary/aromatic N) is 10. The molecule has 16 nitrogen and oxygen atoms in total. The Balaban J connectivity index is 0.000000160. The van der Waals surface area contributed by atoms with Crippen molar-refractivity contribution in [3.63, 3.8) is 0 Å². The Morgan fingerprint density at radius 1 is 0.617 bits per heavy atom. The number of piperidine rings is 2. The number of carbonyl (C=O) groups is 2. The molecule has 318 valence electrons. The van der Waals surface area contributed by atoms with Crippen LogP contribution in [0.3, 0.4) is 0 Å². The molecule has 6 aromatic rings. The van der Waals surface area contributed by atoms with E-state index in [-0.39, 0.29) is 35.7 Å². The molecule has 8 heterocycles. The van der Waals surface area contributed by atoms with Crippen molar-refractivity contribution in [2.75, 3.05) is 52.6 Å². The lowest BCUT2D eigenvalue weighted by atomic mass is 9.96. The van der Waals surface area contributed by atoms with Crippen molar-refractivity contribution >= 4 is 33.6 Å². The third-order valence-electron chi connectivity index (χ3n) is 12.1. The third-order valence-corrected chi connectivity index (χ3v) is 12.1. The van der Waals surface area contributed by atoms with Crippen LogP contribution in [0, 0.1) is 0 Å². The summed E-state index contributed by atoms with van der Waals surface area (Å²) in [5.74, 6) is 3.44. The number of ether oxygens (including phenoxy) is 2. The smallest absolute Gasteiger partial charge is 0.258 e. The highest BCUT2D eigenvalue weighted by atomic mass is 16.5. The third kappa shape index (κ3) is 8.71. The highest BCUT2D eigenvalue weighted by molar-refractivity contribution is 5.84. The largest absolute Gasteiger partial charge is 0.379 e. The van der Waals surface area contributed by atoms with Gasteiger partial charge in [0.05, 0.1) is 48.7 Å². The molecule has 2 atom stereocenters. The van der Waals surface area contributed by atoms with Gasteiger partial charge in [0.15, 0.2) is 11.6 Å². The molecule has 0 unspecified atom stereocenters. The molecule has 2 amide bonds. The maximum absolute atomic E-state index is 11.9. The van der Waals surface area contributed by atoms with Crippen LogP contribution in [0.5, 0.6) is 0 Å². The first-order valence-electron chi connectivity index (χ1n) is 21.8. The molecule has 10 rings (SSSR count). The minimum absolute atomic E-state index is 0.217. The predicted molar refractivity (Wildman–Crippen MR) is 224 cm³/mol. The zero-order valence-electron chi connectivity index (χ0n) is 35.2. The normalized spacial score (nSPS) is 20.0. The van der Waals surface area contributed by atoms with Crippen LogP contribution in [0.1, 0.15) is 115 Å². The number of rotatable bonds is 8. The van der Waals surface area contributed by atoms with Crippen LogP contribution < -0.4 is 0 Å². The Morgan fingerprint density at radius 2 is 1.03 bits per heavy atom. The summed E-state index contributed by atoms with van der Waals surface area (Å²) in [5.41, 5.74) is 3.92. The fraction of sp³-hybridized carbons (Fsp3) is 0.545. The lowest BCUT2D eigenvalue weighted by molar-refractivity contribution is -0.132. The van der Waals surface area contributed by atoms with Gasteiger partial charge in [-0.25, -0.2) is 0 Å². The van der Waals surface area contributed by atoms with Crippen molar-refractivity contribution in [3.05, 3.63) is 60.4 Å². The van der Waals surface area contributed by atoms with E-state index in [1.165, 1.54) is 0 Å². The molecule has 0 spiro atoms. The number of benzene rings is 2. The van der Waals surface area contributed by atoms with E-state index in [0.29, 0.717) is 37.8 Å². The van der Waals surface area contributed by atoms with E-state index in [0.717, 1.165) is 122 Å². The molecular weight excluding hydrogens is 765 g/mol. The second-order valence-corrected chi connectivity index (χ2v) is 15.7. The average Bonchev–Trinajstić information content (AvgIpc) is 4.17. The number of likely N-dealkylation sites (tertiary alicyclic amines) is 2. The minimum atomic E-state index is 0.217. The van der Waals surface area contributed by atoms with Gasteiger partial charge < -0.3 is 28.3 Å². The van der Waals surface area contributed by atoms with Gasteiger partial charge >= 0.3 is 0 Å². The molecule has 0 radical (unpaired) electrons. The first kappa shape index (κ1) is 41.3. The van der Waals surface area contributed by atoms with Gasteiger partial charge in [0.25, 0.3) is 11.8 Å². The van der Waals surface area contributed by atoms with E-state index in [1.807, 2.05) is 83.5 Å². The molecule has 4 fully saturated rings. The van der Waals surface area contributed by atoms with E-state index in [1.54, 1.807) is 0 Å². The van der Waals surface area contributed by atoms with E-state index >= 15 is 0 Å². The summed E-state index contributed by atoms with van der Waals surface area (Å²) >= 11 is 0. The Kier molecular flexibility index (Phi) is 13.0. The van der Waals surface area contributed by atoms with Crippen LogP contribution in [-0.2, 0) is 19.1 Å². The fourth-order valence-corrected chi connectivity index (χ4v) is 8.61. The van der Waals surface area contributed by atoms with Crippen LogP contribution in [0.25, 0.3) is 44.7 Å². The fourth-order valence-electron chi connectivity index (χ4n) is 8.61. The topological polar surface area (TPSA) is 173 Å². The van der Waals surface area contributed by atoms with Gasteiger partial charge in [-0.05, 0) is 62.8 Å². The Labute approximate surface area is 349 Å². The van der Waals surface area contributed by atoms with Crippen LogP contribution >= 0.6 is 0 Å². The van der Waals surface area contributed by atoms with Crippen molar-refractivity contribution < 1.29 is 28.1 Å². The minimum Gasteiger partial charge on any atom is -0.379 e. The number of aromatic nitrogens is 8. The Hall–Kier alpha value is -5.48. The van der Waals surface area contributed by atoms with Crippen molar-refractivity contribution in [2.45, 2.75) is 103 Å². The second-order valence-electron chi connectivity index (χ2n) is 15.7. The Bertz CT molecular complexity index is 2190. The van der Waals surface area contributed by atoms with Crippen molar-refractivity contribution in [3.8, 4) is 22.9 Å².